The fraction of sp³-hybridized carbons (Fsp3) is 0.278. The Kier molecular flexibility index (Phi) is 5.59. The minimum Gasteiger partial charge on any atom is -0.486 e. The second-order valence-electron chi connectivity index (χ2n) is 5.31. The van der Waals surface area contributed by atoms with Gasteiger partial charge >= 0.3 is 0 Å². The molecule has 1 amide bonds. The van der Waals surface area contributed by atoms with E-state index in [1.165, 1.54) is 23.9 Å². The van der Waals surface area contributed by atoms with Gasteiger partial charge in [-0.15, -0.1) is 11.8 Å². The van der Waals surface area contributed by atoms with Gasteiger partial charge in [-0.1, -0.05) is 6.07 Å². The van der Waals surface area contributed by atoms with Gasteiger partial charge in [0.25, 0.3) is 0 Å². The second-order valence-corrected chi connectivity index (χ2v) is 6.48. The third-order valence-corrected chi connectivity index (χ3v) is 4.52. The summed E-state index contributed by atoms with van der Waals surface area (Å²) in [7, 11) is 0. The lowest BCUT2D eigenvalue weighted by Gasteiger charge is -2.19. The molecule has 0 saturated carbocycles. The molecule has 1 heterocycles. The Morgan fingerprint density at radius 1 is 1.08 bits per heavy atom. The summed E-state index contributed by atoms with van der Waals surface area (Å²) in [6.07, 6.45) is 0.409. The Morgan fingerprint density at radius 3 is 2.62 bits per heavy atom. The molecule has 3 rings (SSSR count). The van der Waals surface area contributed by atoms with E-state index in [1.54, 1.807) is 12.1 Å². The molecular weight excluding hydrogens is 329 g/mol. The van der Waals surface area contributed by atoms with Gasteiger partial charge in [-0.3, -0.25) is 4.79 Å². The lowest BCUT2D eigenvalue weighted by molar-refractivity contribution is -0.120. The van der Waals surface area contributed by atoms with E-state index in [0.29, 0.717) is 31.9 Å². The van der Waals surface area contributed by atoms with E-state index in [2.05, 4.69) is 5.32 Å². The number of carbonyl (C=O) groups is 1. The zero-order valence-electron chi connectivity index (χ0n) is 13.1. The fourth-order valence-electron chi connectivity index (χ4n) is 2.28. The van der Waals surface area contributed by atoms with Crippen LogP contribution < -0.4 is 14.8 Å². The first-order chi connectivity index (χ1) is 11.7. The van der Waals surface area contributed by atoms with Crippen LogP contribution in [-0.2, 0) is 11.3 Å². The summed E-state index contributed by atoms with van der Waals surface area (Å²) in [6, 6.07) is 11.9. The number of fused-ring (bicyclic) bond motifs is 1. The standard InChI is InChI=1S/C18H18FNO3S/c19-14-2-4-15(5-3-14)24-10-7-18(21)20-12-13-1-6-16-17(11-13)23-9-8-22-16/h1-6,11H,7-10,12H2,(H,20,21). The molecule has 0 aliphatic carbocycles. The number of ether oxygens (including phenoxy) is 2. The summed E-state index contributed by atoms with van der Waals surface area (Å²) >= 11 is 1.53. The van der Waals surface area contributed by atoms with E-state index in [4.69, 9.17) is 9.47 Å². The molecule has 0 spiro atoms. The smallest absolute Gasteiger partial charge is 0.221 e. The van der Waals surface area contributed by atoms with E-state index in [1.807, 2.05) is 18.2 Å². The normalized spacial score (nSPS) is 12.7. The predicted octanol–water partition coefficient (Wildman–Crippen LogP) is 3.40. The van der Waals surface area contributed by atoms with Crippen molar-refractivity contribution in [3.8, 4) is 11.5 Å². The van der Waals surface area contributed by atoms with Crippen molar-refractivity contribution in [1.82, 2.24) is 5.32 Å². The summed E-state index contributed by atoms with van der Waals surface area (Å²) in [5, 5.41) is 2.89. The maximum Gasteiger partial charge on any atom is 0.221 e. The summed E-state index contributed by atoms with van der Waals surface area (Å²) in [5.74, 6) is 1.85. The maximum absolute atomic E-state index is 12.8. The molecule has 0 saturated heterocycles. The van der Waals surface area contributed by atoms with Crippen molar-refractivity contribution in [3.63, 3.8) is 0 Å². The highest BCUT2D eigenvalue weighted by Gasteiger charge is 2.12. The molecule has 2 aromatic carbocycles. The summed E-state index contributed by atoms with van der Waals surface area (Å²) in [4.78, 5) is 12.9. The molecule has 0 atom stereocenters. The largest absolute Gasteiger partial charge is 0.486 e. The fourth-order valence-corrected chi connectivity index (χ4v) is 3.13. The highest BCUT2D eigenvalue weighted by Crippen LogP contribution is 2.30. The SMILES string of the molecule is O=C(CCSc1ccc(F)cc1)NCc1ccc2c(c1)OCCO2. The molecule has 0 fully saturated rings. The number of hydrogen-bond donors (Lipinski definition) is 1. The van der Waals surface area contributed by atoms with Gasteiger partial charge in [-0.05, 0) is 42.0 Å². The van der Waals surface area contributed by atoms with Crippen molar-refractivity contribution in [2.45, 2.75) is 17.9 Å². The monoisotopic (exact) mass is 347 g/mol. The lowest BCUT2D eigenvalue weighted by atomic mass is 10.2. The molecule has 0 radical (unpaired) electrons. The van der Waals surface area contributed by atoms with E-state index >= 15 is 0 Å². The molecule has 1 aliphatic rings. The molecule has 1 aliphatic heterocycles. The molecule has 0 bridgehead atoms. The van der Waals surface area contributed by atoms with Crippen LogP contribution in [0.5, 0.6) is 11.5 Å². The Labute approximate surface area is 144 Å². The Morgan fingerprint density at radius 2 is 1.83 bits per heavy atom. The van der Waals surface area contributed by atoms with Crippen molar-refractivity contribution in [2.24, 2.45) is 0 Å². The van der Waals surface area contributed by atoms with E-state index in [-0.39, 0.29) is 11.7 Å². The number of nitrogens with one attached hydrogen (secondary N) is 1. The maximum atomic E-state index is 12.8. The first-order valence-electron chi connectivity index (χ1n) is 7.74. The van der Waals surface area contributed by atoms with Gasteiger partial charge in [0.05, 0.1) is 0 Å². The number of rotatable bonds is 6. The van der Waals surface area contributed by atoms with Gasteiger partial charge in [-0.25, -0.2) is 4.39 Å². The first-order valence-corrected chi connectivity index (χ1v) is 8.73. The number of amides is 1. The Hall–Kier alpha value is -2.21. The molecule has 24 heavy (non-hydrogen) atoms. The van der Waals surface area contributed by atoms with E-state index in [9.17, 15) is 9.18 Å². The number of halogens is 1. The zero-order chi connectivity index (χ0) is 16.8. The average molecular weight is 347 g/mol. The van der Waals surface area contributed by atoms with Crippen LogP contribution in [0.15, 0.2) is 47.4 Å². The third kappa shape index (κ3) is 4.64. The molecule has 1 N–H and O–H groups in total. The lowest BCUT2D eigenvalue weighted by Crippen LogP contribution is -2.23. The molecule has 6 heteroatoms. The van der Waals surface area contributed by atoms with Crippen molar-refractivity contribution in [3.05, 3.63) is 53.8 Å². The number of carbonyl (C=O) groups excluding carboxylic acids is 1. The van der Waals surface area contributed by atoms with Crippen LogP contribution in [0.3, 0.4) is 0 Å². The van der Waals surface area contributed by atoms with Crippen LogP contribution in [0.4, 0.5) is 4.39 Å². The van der Waals surface area contributed by atoms with Crippen LogP contribution in [0.2, 0.25) is 0 Å². The quantitative estimate of drug-likeness (QED) is 0.814. The van der Waals surface area contributed by atoms with E-state index < -0.39 is 0 Å². The highest BCUT2D eigenvalue weighted by molar-refractivity contribution is 7.99. The van der Waals surface area contributed by atoms with Crippen molar-refractivity contribution < 1.29 is 18.7 Å². The number of thioether (sulfide) groups is 1. The Balaban J connectivity index is 1.41. The second kappa shape index (κ2) is 8.06. The van der Waals surface area contributed by atoms with Crippen LogP contribution in [0.1, 0.15) is 12.0 Å². The van der Waals surface area contributed by atoms with Crippen molar-refractivity contribution in [2.75, 3.05) is 19.0 Å². The predicted molar refractivity (Wildman–Crippen MR) is 91.0 cm³/mol. The number of hydrogen-bond acceptors (Lipinski definition) is 4. The molecule has 2 aromatic rings. The van der Waals surface area contributed by atoms with Gasteiger partial charge in [0.15, 0.2) is 11.5 Å². The minimum atomic E-state index is -0.253. The van der Waals surface area contributed by atoms with Crippen LogP contribution in [0, 0.1) is 5.82 Å². The number of benzene rings is 2. The van der Waals surface area contributed by atoms with Crippen LogP contribution in [-0.4, -0.2) is 24.9 Å². The van der Waals surface area contributed by atoms with Crippen LogP contribution >= 0.6 is 11.8 Å². The summed E-state index contributed by atoms with van der Waals surface area (Å²) in [5.41, 5.74) is 0.971. The van der Waals surface area contributed by atoms with E-state index in [0.717, 1.165) is 22.0 Å². The topological polar surface area (TPSA) is 47.6 Å². The molecule has 0 aromatic heterocycles. The van der Waals surface area contributed by atoms with Gasteiger partial charge in [0.2, 0.25) is 5.91 Å². The zero-order valence-corrected chi connectivity index (χ0v) is 13.9. The Bertz CT molecular complexity index is 706. The van der Waals surface area contributed by atoms with Gasteiger partial charge in [0.1, 0.15) is 19.0 Å². The molecule has 4 nitrogen and oxygen atoms in total. The third-order valence-electron chi connectivity index (χ3n) is 3.51. The van der Waals surface area contributed by atoms with Gasteiger partial charge in [-0.2, -0.15) is 0 Å². The van der Waals surface area contributed by atoms with Crippen molar-refractivity contribution >= 4 is 17.7 Å². The van der Waals surface area contributed by atoms with Gasteiger partial charge < -0.3 is 14.8 Å². The van der Waals surface area contributed by atoms with Crippen molar-refractivity contribution in [1.29, 1.82) is 0 Å². The average Bonchev–Trinajstić information content (AvgIpc) is 2.61. The minimum absolute atomic E-state index is 0.0144. The molecular formula is C18H18FNO3S. The summed E-state index contributed by atoms with van der Waals surface area (Å²) in [6.45, 7) is 1.56. The first kappa shape index (κ1) is 16.6. The summed E-state index contributed by atoms with van der Waals surface area (Å²) < 4.78 is 23.8. The highest BCUT2D eigenvalue weighted by atomic mass is 32.2. The van der Waals surface area contributed by atoms with Gasteiger partial charge in [0, 0.05) is 23.6 Å². The molecule has 126 valence electrons. The molecule has 0 unspecified atom stereocenters. The van der Waals surface area contributed by atoms with Crippen LogP contribution in [0.25, 0.3) is 0 Å².